The number of halogens is 2. The topological polar surface area (TPSA) is 0 Å². The molecule has 0 bridgehead atoms. The maximum absolute atomic E-state index is 3.53. The first-order valence-corrected chi connectivity index (χ1v) is 4.71. The van der Waals surface area contributed by atoms with E-state index in [4.69, 9.17) is 0 Å². The average molecular weight is 287 g/mol. The minimum atomic E-state index is 1.26. The molecule has 46 valence electrons. The Morgan fingerprint density at radius 2 is 1.88 bits per heavy atom. The van der Waals surface area contributed by atoms with Gasteiger partial charge < -0.3 is 0 Å². The van der Waals surface area contributed by atoms with E-state index in [1.54, 1.807) is 0 Å². The van der Waals surface area contributed by atoms with Gasteiger partial charge in [0.05, 0.1) is 0 Å². The summed E-state index contributed by atoms with van der Waals surface area (Å²) in [4.78, 5) is 0. The Bertz CT molecular complexity index is 104. The van der Waals surface area contributed by atoms with Crippen LogP contribution in [0.4, 0.5) is 0 Å². The predicted molar refractivity (Wildman–Crippen MR) is 48.4 cm³/mol. The van der Waals surface area contributed by atoms with Crippen LogP contribution < -0.4 is 0 Å². The molecule has 0 saturated heterocycles. The second-order valence-corrected chi connectivity index (χ2v) is 4.28. The van der Waals surface area contributed by atoms with Crippen molar-refractivity contribution in [2.45, 2.75) is 25.7 Å². The third-order valence-electron chi connectivity index (χ3n) is 1.34. The van der Waals surface area contributed by atoms with Crippen LogP contribution >= 0.6 is 38.5 Å². The van der Waals surface area contributed by atoms with Crippen molar-refractivity contribution in [2.75, 3.05) is 0 Å². The zero-order valence-electron chi connectivity index (χ0n) is 4.58. The summed E-state index contributed by atoms with van der Waals surface area (Å²) in [7, 11) is 0. The van der Waals surface area contributed by atoms with Crippen molar-refractivity contribution in [3.63, 3.8) is 0 Å². The molecule has 0 saturated carbocycles. The minimum Gasteiger partial charge on any atom is -0.0549 e. The summed E-state index contributed by atoms with van der Waals surface area (Å²) in [6.07, 6.45) is 5.31. The smallest absolute Gasteiger partial charge is 0.00433 e. The van der Waals surface area contributed by atoms with Crippen LogP contribution in [0.3, 0.4) is 0 Å². The molecule has 0 spiro atoms. The Balaban J connectivity index is 2.60. The van der Waals surface area contributed by atoms with Crippen LogP contribution in [-0.4, -0.2) is 0 Å². The van der Waals surface area contributed by atoms with Gasteiger partial charge in [0.25, 0.3) is 0 Å². The third-order valence-corrected chi connectivity index (χ3v) is 4.14. The Morgan fingerprint density at radius 1 is 1.25 bits per heavy atom. The fourth-order valence-corrected chi connectivity index (χ4v) is 1.96. The van der Waals surface area contributed by atoms with Crippen molar-refractivity contribution in [3.05, 3.63) is 8.06 Å². The highest BCUT2D eigenvalue weighted by molar-refractivity contribution is 14.1. The van der Waals surface area contributed by atoms with E-state index in [0.29, 0.717) is 0 Å². The Kier molecular flexibility index (Phi) is 2.83. The summed E-state index contributed by atoms with van der Waals surface area (Å²) in [6, 6.07) is 0. The maximum Gasteiger partial charge on any atom is 0.00433 e. The van der Waals surface area contributed by atoms with Crippen molar-refractivity contribution in [3.8, 4) is 0 Å². The third kappa shape index (κ3) is 1.72. The van der Waals surface area contributed by atoms with E-state index in [0.717, 1.165) is 0 Å². The molecule has 0 atom stereocenters. The maximum atomic E-state index is 3.53. The van der Waals surface area contributed by atoms with Gasteiger partial charge in [-0.1, -0.05) is 15.9 Å². The van der Waals surface area contributed by atoms with Gasteiger partial charge in [0.15, 0.2) is 0 Å². The van der Waals surface area contributed by atoms with Gasteiger partial charge in [0.2, 0.25) is 0 Å². The van der Waals surface area contributed by atoms with E-state index in [-0.39, 0.29) is 0 Å². The van der Waals surface area contributed by atoms with Gasteiger partial charge in [-0.2, -0.15) is 0 Å². The molecule has 0 aromatic carbocycles. The molecule has 0 radical (unpaired) electrons. The van der Waals surface area contributed by atoms with Crippen LogP contribution in [0.25, 0.3) is 0 Å². The largest absolute Gasteiger partial charge is 0.0549 e. The normalized spacial score (nSPS) is 21.8. The molecule has 0 fully saturated rings. The first kappa shape index (κ1) is 7.06. The minimum absolute atomic E-state index is 1.26. The van der Waals surface area contributed by atoms with Gasteiger partial charge in [-0.05, 0) is 48.3 Å². The van der Waals surface area contributed by atoms with Crippen LogP contribution in [0.1, 0.15) is 25.7 Å². The second-order valence-electron chi connectivity index (χ2n) is 2.02. The van der Waals surface area contributed by atoms with Crippen molar-refractivity contribution in [2.24, 2.45) is 0 Å². The summed E-state index contributed by atoms with van der Waals surface area (Å²) < 4.78 is 2.96. The average Bonchev–Trinajstić information content (AvgIpc) is 1.77. The highest BCUT2D eigenvalue weighted by Crippen LogP contribution is 2.32. The summed E-state index contributed by atoms with van der Waals surface area (Å²) in [5, 5.41) is 0. The molecule has 0 aromatic heterocycles. The molecular formula is C6H8BrI. The molecule has 1 aliphatic rings. The van der Waals surface area contributed by atoms with Crippen LogP contribution in [0.15, 0.2) is 8.06 Å². The van der Waals surface area contributed by atoms with Crippen LogP contribution in [0.5, 0.6) is 0 Å². The Labute approximate surface area is 72.0 Å². The monoisotopic (exact) mass is 286 g/mol. The lowest BCUT2D eigenvalue weighted by atomic mass is 10.1. The van der Waals surface area contributed by atoms with Crippen molar-refractivity contribution >= 4 is 38.5 Å². The van der Waals surface area contributed by atoms with Crippen LogP contribution in [-0.2, 0) is 0 Å². The summed E-state index contributed by atoms with van der Waals surface area (Å²) in [5.41, 5.74) is 0. The standard InChI is InChI=1S/C6H8BrI/c7-5-3-1-2-4-6(5)8/h1-4H2. The Morgan fingerprint density at radius 3 is 2.25 bits per heavy atom. The number of rotatable bonds is 0. The molecule has 2 heteroatoms. The number of hydrogen-bond acceptors (Lipinski definition) is 0. The summed E-state index contributed by atoms with van der Waals surface area (Å²) in [5.74, 6) is 0. The van der Waals surface area contributed by atoms with Crippen molar-refractivity contribution in [1.82, 2.24) is 0 Å². The zero-order chi connectivity index (χ0) is 5.98. The van der Waals surface area contributed by atoms with E-state index < -0.39 is 0 Å². The number of allylic oxidation sites excluding steroid dienone is 2. The van der Waals surface area contributed by atoms with Gasteiger partial charge in [-0.3, -0.25) is 0 Å². The summed E-state index contributed by atoms with van der Waals surface area (Å²) >= 11 is 5.94. The molecule has 0 aromatic rings. The summed E-state index contributed by atoms with van der Waals surface area (Å²) in [6.45, 7) is 0. The molecule has 0 amide bonds. The molecule has 0 aliphatic heterocycles. The SMILES string of the molecule is BrC1=C(I)CCCC1. The number of hydrogen-bond donors (Lipinski definition) is 0. The molecular weight excluding hydrogens is 279 g/mol. The molecule has 0 unspecified atom stereocenters. The predicted octanol–water partition coefficient (Wildman–Crippen LogP) is 3.60. The van der Waals surface area contributed by atoms with Gasteiger partial charge in [-0.15, -0.1) is 0 Å². The zero-order valence-corrected chi connectivity index (χ0v) is 8.33. The molecule has 1 aliphatic carbocycles. The molecule has 1 rings (SSSR count). The highest BCUT2D eigenvalue weighted by Gasteiger charge is 2.05. The van der Waals surface area contributed by atoms with E-state index in [9.17, 15) is 0 Å². The van der Waals surface area contributed by atoms with Crippen molar-refractivity contribution in [1.29, 1.82) is 0 Å². The lowest BCUT2D eigenvalue weighted by Crippen LogP contribution is -1.88. The first-order chi connectivity index (χ1) is 3.80. The molecule has 0 heterocycles. The van der Waals surface area contributed by atoms with Crippen molar-refractivity contribution < 1.29 is 0 Å². The van der Waals surface area contributed by atoms with Crippen LogP contribution in [0.2, 0.25) is 0 Å². The molecule has 0 nitrogen and oxygen atoms in total. The second kappa shape index (κ2) is 3.20. The quantitative estimate of drug-likeness (QED) is 0.597. The van der Waals surface area contributed by atoms with E-state index in [1.807, 2.05) is 0 Å². The van der Waals surface area contributed by atoms with Gasteiger partial charge in [0, 0.05) is 8.06 Å². The van der Waals surface area contributed by atoms with Gasteiger partial charge in [0.1, 0.15) is 0 Å². The van der Waals surface area contributed by atoms with Crippen LogP contribution in [0, 0.1) is 0 Å². The first-order valence-electron chi connectivity index (χ1n) is 2.84. The van der Waals surface area contributed by atoms with Gasteiger partial charge >= 0.3 is 0 Å². The molecule has 8 heavy (non-hydrogen) atoms. The fraction of sp³-hybridized carbons (Fsp3) is 0.667. The van der Waals surface area contributed by atoms with Gasteiger partial charge in [-0.25, -0.2) is 0 Å². The van der Waals surface area contributed by atoms with E-state index >= 15 is 0 Å². The van der Waals surface area contributed by atoms with E-state index in [2.05, 4.69) is 38.5 Å². The molecule has 0 N–H and O–H groups in total. The van der Waals surface area contributed by atoms with E-state index in [1.165, 1.54) is 33.7 Å². The Hall–Kier alpha value is 0.950. The fourth-order valence-electron chi connectivity index (χ4n) is 0.832. The lowest BCUT2D eigenvalue weighted by molar-refractivity contribution is 0.722. The lowest BCUT2D eigenvalue weighted by Gasteiger charge is -2.09. The highest BCUT2D eigenvalue weighted by atomic mass is 127.